The lowest BCUT2D eigenvalue weighted by Gasteiger charge is -2.17. The molecule has 6 heteroatoms. The second kappa shape index (κ2) is 6.61. The molecule has 0 radical (unpaired) electrons. The minimum absolute atomic E-state index is 0.0844. The third-order valence-electron chi connectivity index (χ3n) is 4.45. The first-order valence-electron chi connectivity index (χ1n) is 8.36. The average Bonchev–Trinajstić information content (AvgIpc) is 3.33. The van der Waals surface area contributed by atoms with Gasteiger partial charge in [-0.05, 0) is 49.4 Å². The SMILES string of the molecule is CCN1CCc2ccc(NC(=O)c3sc(-c4cccs4)nc3C)cc21. The van der Waals surface area contributed by atoms with Crippen LogP contribution in [0.5, 0.6) is 0 Å². The van der Waals surface area contributed by atoms with Gasteiger partial charge in [-0.1, -0.05) is 12.1 Å². The maximum atomic E-state index is 12.7. The quantitative estimate of drug-likeness (QED) is 0.717. The number of amides is 1. The second-order valence-electron chi connectivity index (χ2n) is 6.04. The van der Waals surface area contributed by atoms with E-state index in [-0.39, 0.29) is 5.91 Å². The van der Waals surface area contributed by atoms with Gasteiger partial charge in [-0.15, -0.1) is 22.7 Å². The van der Waals surface area contributed by atoms with Crippen molar-refractivity contribution in [3.8, 4) is 9.88 Å². The number of thiophene rings is 1. The van der Waals surface area contributed by atoms with Crippen molar-refractivity contribution in [2.45, 2.75) is 20.3 Å². The minimum Gasteiger partial charge on any atom is -0.371 e. The summed E-state index contributed by atoms with van der Waals surface area (Å²) in [6, 6.07) is 10.2. The number of anilines is 2. The van der Waals surface area contributed by atoms with E-state index in [0.717, 1.165) is 40.8 Å². The number of hydrogen-bond acceptors (Lipinski definition) is 5. The van der Waals surface area contributed by atoms with Crippen LogP contribution >= 0.6 is 22.7 Å². The Morgan fingerprint density at radius 2 is 2.24 bits per heavy atom. The fourth-order valence-electron chi connectivity index (χ4n) is 3.15. The van der Waals surface area contributed by atoms with Gasteiger partial charge in [0.15, 0.2) is 0 Å². The lowest BCUT2D eigenvalue weighted by Crippen LogP contribution is -2.19. The number of benzene rings is 1. The first-order valence-corrected chi connectivity index (χ1v) is 10.1. The number of nitrogens with one attached hydrogen (secondary N) is 1. The van der Waals surface area contributed by atoms with Gasteiger partial charge in [0.05, 0.1) is 10.6 Å². The summed E-state index contributed by atoms with van der Waals surface area (Å²) >= 11 is 3.09. The number of hydrogen-bond donors (Lipinski definition) is 1. The van der Waals surface area contributed by atoms with Gasteiger partial charge in [0.1, 0.15) is 9.88 Å². The molecule has 0 aliphatic carbocycles. The molecule has 1 N–H and O–H groups in total. The van der Waals surface area contributed by atoms with Crippen LogP contribution in [-0.4, -0.2) is 24.0 Å². The van der Waals surface area contributed by atoms with Crippen LogP contribution in [0.2, 0.25) is 0 Å². The van der Waals surface area contributed by atoms with Crippen molar-refractivity contribution in [1.82, 2.24) is 4.98 Å². The summed E-state index contributed by atoms with van der Waals surface area (Å²) in [4.78, 5) is 21.4. The lowest BCUT2D eigenvalue weighted by atomic mass is 10.1. The van der Waals surface area contributed by atoms with E-state index in [4.69, 9.17) is 0 Å². The Morgan fingerprint density at radius 3 is 3.00 bits per heavy atom. The van der Waals surface area contributed by atoms with E-state index in [2.05, 4.69) is 34.3 Å². The number of likely N-dealkylation sites (N-methyl/N-ethyl adjacent to an activating group) is 1. The van der Waals surface area contributed by atoms with Gasteiger partial charge in [0.25, 0.3) is 5.91 Å². The Hall–Kier alpha value is -2.18. The molecular weight excluding hydrogens is 350 g/mol. The molecule has 4 rings (SSSR count). The van der Waals surface area contributed by atoms with Crippen molar-refractivity contribution < 1.29 is 4.79 Å². The first kappa shape index (κ1) is 16.3. The number of fused-ring (bicyclic) bond motifs is 1. The molecule has 0 unspecified atom stereocenters. The van der Waals surface area contributed by atoms with Gasteiger partial charge in [-0.25, -0.2) is 4.98 Å². The molecule has 3 aromatic rings. The molecule has 3 heterocycles. The van der Waals surface area contributed by atoms with Crippen molar-refractivity contribution in [2.24, 2.45) is 0 Å². The molecule has 1 aliphatic rings. The van der Waals surface area contributed by atoms with Crippen LogP contribution in [0.3, 0.4) is 0 Å². The van der Waals surface area contributed by atoms with E-state index in [1.807, 2.05) is 30.5 Å². The van der Waals surface area contributed by atoms with Crippen LogP contribution in [0.25, 0.3) is 9.88 Å². The Kier molecular flexibility index (Phi) is 4.31. The molecule has 2 aromatic heterocycles. The van der Waals surface area contributed by atoms with E-state index in [1.54, 1.807) is 11.3 Å². The summed E-state index contributed by atoms with van der Waals surface area (Å²) in [5.41, 5.74) is 4.21. The molecule has 0 bridgehead atoms. The highest BCUT2D eigenvalue weighted by molar-refractivity contribution is 7.22. The van der Waals surface area contributed by atoms with Crippen LogP contribution in [-0.2, 0) is 6.42 Å². The summed E-state index contributed by atoms with van der Waals surface area (Å²) in [7, 11) is 0. The molecule has 25 heavy (non-hydrogen) atoms. The summed E-state index contributed by atoms with van der Waals surface area (Å²) < 4.78 is 0. The molecule has 0 spiro atoms. The number of thiazole rings is 1. The zero-order chi connectivity index (χ0) is 17.4. The van der Waals surface area contributed by atoms with Crippen LogP contribution in [0.15, 0.2) is 35.7 Å². The Labute approximate surface area is 155 Å². The van der Waals surface area contributed by atoms with Gasteiger partial charge in [-0.3, -0.25) is 4.79 Å². The number of aromatic nitrogens is 1. The topological polar surface area (TPSA) is 45.2 Å². The maximum Gasteiger partial charge on any atom is 0.267 e. The standard InChI is InChI=1S/C19H19N3OS2/c1-3-22-9-8-13-6-7-14(11-15(13)22)21-18(23)17-12(2)20-19(25-17)16-5-4-10-24-16/h4-7,10-11H,3,8-9H2,1-2H3,(H,21,23). The predicted octanol–water partition coefficient (Wildman–Crippen LogP) is 4.81. The van der Waals surface area contributed by atoms with Gasteiger partial charge in [0.2, 0.25) is 0 Å². The number of aryl methyl sites for hydroxylation is 1. The molecule has 1 aromatic carbocycles. The molecule has 0 fully saturated rings. The van der Waals surface area contributed by atoms with E-state index in [9.17, 15) is 4.79 Å². The number of rotatable bonds is 4. The highest BCUT2D eigenvalue weighted by Crippen LogP contribution is 2.33. The summed E-state index contributed by atoms with van der Waals surface area (Å²) in [5, 5.41) is 5.97. The number of nitrogens with zero attached hydrogens (tertiary/aromatic N) is 2. The van der Waals surface area contributed by atoms with Crippen molar-refractivity contribution in [1.29, 1.82) is 0 Å². The summed E-state index contributed by atoms with van der Waals surface area (Å²) in [6.07, 6.45) is 1.08. The third-order valence-corrected chi connectivity index (χ3v) is 6.65. The fourth-order valence-corrected chi connectivity index (χ4v) is 4.91. The fraction of sp³-hybridized carbons (Fsp3) is 0.263. The number of carbonyl (C=O) groups excluding carboxylic acids is 1. The number of carbonyl (C=O) groups is 1. The monoisotopic (exact) mass is 369 g/mol. The smallest absolute Gasteiger partial charge is 0.267 e. The average molecular weight is 370 g/mol. The Balaban J connectivity index is 1.57. The molecule has 1 aliphatic heterocycles. The summed E-state index contributed by atoms with van der Waals surface area (Å²) in [6.45, 7) is 6.10. The predicted molar refractivity (Wildman–Crippen MR) is 106 cm³/mol. The molecular formula is C19H19N3OS2. The van der Waals surface area contributed by atoms with Crippen molar-refractivity contribution >= 4 is 40.0 Å². The lowest BCUT2D eigenvalue weighted by molar-refractivity contribution is 0.103. The van der Waals surface area contributed by atoms with E-state index in [1.165, 1.54) is 22.6 Å². The zero-order valence-electron chi connectivity index (χ0n) is 14.2. The molecule has 0 saturated heterocycles. The van der Waals surface area contributed by atoms with Gasteiger partial charge >= 0.3 is 0 Å². The van der Waals surface area contributed by atoms with E-state index < -0.39 is 0 Å². The maximum absolute atomic E-state index is 12.7. The molecule has 128 valence electrons. The van der Waals surface area contributed by atoms with Gasteiger partial charge in [-0.2, -0.15) is 0 Å². The van der Waals surface area contributed by atoms with Crippen molar-refractivity contribution in [2.75, 3.05) is 23.3 Å². The van der Waals surface area contributed by atoms with Crippen LogP contribution in [0.4, 0.5) is 11.4 Å². The molecule has 4 nitrogen and oxygen atoms in total. The highest BCUT2D eigenvalue weighted by Gasteiger charge is 2.20. The van der Waals surface area contributed by atoms with Crippen LogP contribution in [0.1, 0.15) is 27.9 Å². The van der Waals surface area contributed by atoms with Crippen molar-refractivity contribution in [3.05, 3.63) is 51.8 Å². The highest BCUT2D eigenvalue weighted by atomic mass is 32.1. The van der Waals surface area contributed by atoms with Crippen LogP contribution < -0.4 is 10.2 Å². The van der Waals surface area contributed by atoms with Crippen molar-refractivity contribution in [3.63, 3.8) is 0 Å². The normalized spacial score (nSPS) is 13.1. The Bertz CT molecular complexity index is 915. The van der Waals surface area contributed by atoms with E-state index in [0.29, 0.717) is 4.88 Å². The molecule has 0 saturated carbocycles. The molecule has 1 amide bonds. The molecule has 0 atom stereocenters. The largest absolute Gasteiger partial charge is 0.371 e. The van der Waals surface area contributed by atoms with Gasteiger partial charge < -0.3 is 10.2 Å². The van der Waals surface area contributed by atoms with Crippen LogP contribution in [0, 0.1) is 6.92 Å². The zero-order valence-corrected chi connectivity index (χ0v) is 15.8. The minimum atomic E-state index is -0.0844. The summed E-state index contributed by atoms with van der Waals surface area (Å²) in [5.74, 6) is -0.0844. The van der Waals surface area contributed by atoms with E-state index >= 15 is 0 Å². The first-order chi connectivity index (χ1) is 12.2. The third kappa shape index (κ3) is 3.07. The second-order valence-corrected chi connectivity index (χ2v) is 7.98. The Morgan fingerprint density at radius 1 is 1.36 bits per heavy atom. The van der Waals surface area contributed by atoms with Gasteiger partial charge in [0, 0.05) is 24.5 Å².